The van der Waals surface area contributed by atoms with Gasteiger partial charge in [-0.1, -0.05) is 43.6 Å². The number of nitrogens with one attached hydrogen (secondary N) is 1. The predicted octanol–water partition coefficient (Wildman–Crippen LogP) is 4.94. The van der Waals surface area contributed by atoms with E-state index in [4.69, 9.17) is 9.47 Å². The van der Waals surface area contributed by atoms with Gasteiger partial charge >= 0.3 is 0 Å². The normalized spacial score (nSPS) is 13.1. The van der Waals surface area contributed by atoms with Crippen molar-refractivity contribution >= 4 is 15.9 Å². The lowest BCUT2D eigenvalue weighted by atomic mass is 9.82. The molecule has 1 unspecified atom stereocenters. The van der Waals surface area contributed by atoms with Gasteiger partial charge in [0.15, 0.2) is 11.5 Å². The number of ether oxygens (including phenoxy) is 2. The molecule has 1 aromatic rings. The monoisotopic (exact) mass is 357 g/mol. The van der Waals surface area contributed by atoms with E-state index < -0.39 is 0 Å². The van der Waals surface area contributed by atoms with E-state index in [1.165, 1.54) is 5.56 Å². The summed E-state index contributed by atoms with van der Waals surface area (Å²) in [6, 6.07) is 4.35. The highest BCUT2D eigenvalue weighted by Crippen LogP contribution is 2.41. The zero-order valence-corrected chi connectivity index (χ0v) is 15.6. The standard InChI is InChI=1S/C17H28BrNO2/c1-7-19-16(17(4,5)6)12-10-14(20-8-2)15(21-9-3)11-13(12)18/h10-11,16,19H,7-9H2,1-6H3. The van der Waals surface area contributed by atoms with Crippen LogP contribution in [0.5, 0.6) is 11.5 Å². The molecular weight excluding hydrogens is 330 g/mol. The lowest BCUT2D eigenvalue weighted by molar-refractivity contribution is 0.269. The first kappa shape index (κ1) is 18.3. The van der Waals surface area contributed by atoms with Crippen molar-refractivity contribution in [3.8, 4) is 11.5 Å². The fourth-order valence-corrected chi connectivity index (χ4v) is 2.95. The van der Waals surface area contributed by atoms with Crippen LogP contribution in [-0.4, -0.2) is 19.8 Å². The van der Waals surface area contributed by atoms with Crippen LogP contribution in [0.4, 0.5) is 0 Å². The number of halogens is 1. The van der Waals surface area contributed by atoms with Crippen molar-refractivity contribution in [1.82, 2.24) is 5.32 Å². The minimum atomic E-state index is 0.106. The maximum atomic E-state index is 5.75. The second kappa shape index (κ2) is 8.04. The number of hydrogen-bond acceptors (Lipinski definition) is 3. The van der Waals surface area contributed by atoms with Crippen LogP contribution >= 0.6 is 15.9 Å². The van der Waals surface area contributed by atoms with Crippen LogP contribution in [0.25, 0.3) is 0 Å². The molecule has 3 nitrogen and oxygen atoms in total. The zero-order chi connectivity index (χ0) is 16.0. The maximum absolute atomic E-state index is 5.75. The second-order valence-corrected chi connectivity index (χ2v) is 6.90. The molecule has 0 aliphatic carbocycles. The van der Waals surface area contributed by atoms with E-state index in [9.17, 15) is 0 Å². The van der Waals surface area contributed by atoms with Crippen molar-refractivity contribution in [2.24, 2.45) is 5.41 Å². The lowest BCUT2D eigenvalue weighted by Gasteiger charge is -2.33. The van der Waals surface area contributed by atoms with Crippen LogP contribution in [0.2, 0.25) is 0 Å². The van der Waals surface area contributed by atoms with Crippen LogP contribution in [0.3, 0.4) is 0 Å². The Morgan fingerprint density at radius 1 is 1.05 bits per heavy atom. The van der Waals surface area contributed by atoms with E-state index in [0.717, 1.165) is 22.5 Å². The second-order valence-electron chi connectivity index (χ2n) is 6.04. The molecule has 1 N–H and O–H groups in total. The molecule has 4 heteroatoms. The van der Waals surface area contributed by atoms with E-state index in [-0.39, 0.29) is 11.5 Å². The van der Waals surface area contributed by atoms with Crippen molar-refractivity contribution < 1.29 is 9.47 Å². The third kappa shape index (κ3) is 4.89. The van der Waals surface area contributed by atoms with Crippen molar-refractivity contribution in [2.45, 2.75) is 47.6 Å². The fraction of sp³-hybridized carbons (Fsp3) is 0.647. The van der Waals surface area contributed by atoms with Crippen molar-refractivity contribution in [1.29, 1.82) is 0 Å². The van der Waals surface area contributed by atoms with Crippen molar-refractivity contribution in [3.05, 3.63) is 22.2 Å². The minimum Gasteiger partial charge on any atom is -0.490 e. The van der Waals surface area contributed by atoms with E-state index in [0.29, 0.717) is 13.2 Å². The van der Waals surface area contributed by atoms with E-state index in [2.05, 4.69) is 55.0 Å². The van der Waals surface area contributed by atoms with Gasteiger partial charge in [-0.25, -0.2) is 0 Å². The van der Waals surface area contributed by atoms with Gasteiger partial charge in [-0.05, 0) is 43.5 Å². The Bertz CT molecular complexity index is 455. The number of benzene rings is 1. The number of hydrogen-bond donors (Lipinski definition) is 1. The smallest absolute Gasteiger partial charge is 0.162 e. The molecular formula is C17H28BrNO2. The summed E-state index contributed by atoms with van der Waals surface area (Å²) in [6.45, 7) is 15.0. The summed E-state index contributed by atoms with van der Waals surface area (Å²) in [5.74, 6) is 1.60. The number of rotatable bonds is 7. The summed E-state index contributed by atoms with van der Waals surface area (Å²) in [5, 5.41) is 3.57. The Balaban J connectivity index is 3.30. The maximum Gasteiger partial charge on any atom is 0.162 e. The molecule has 0 amide bonds. The first-order chi connectivity index (χ1) is 9.85. The van der Waals surface area contributed by atoms with Gasteiger partial charge < -0.3 is 14.8 Å². The van der Waals surface area contributed by atoms with Gasteiger partial charge in [-0.3, -0.25) is 0 Å². The molecule has 120 valence electrons. The molecule has 1 atom stereocenters. The van der Waals surface area contributed by atoms with Crippen LogP contribution in [0.15, 0.2) is 16.6 Å². The zero-order valence-electron chi connectivity index (χ0n) is 14.0. The Hall–Kier alpha value is -0.740. The molecule has 0 heterocycles. The topological polar surface area (TPSA) is 30.5 Å². The van der Waals surface area contributed by atoms with Crippen LogP contribution in [-0.2, 0) is 0 Å². The van der Waals surface area contributed by atoms with Crippen LogP contribution < -0.4 is 14.8 Å². The first-order valence-electron chi connectivity index (χ1n) is 7.67. The molecule has 0 aliphatic heterocycles. The lowest BCUT2D eigenvalue weighted by Crippen LogP contribution is -2.32. The van der Waals surface area contributed by atoms with E-state index >= 15 is 0 Å². The summed E-state index contributed by atoms with van der Waals surface area (Å²) >= 11 is 3.69. The highest BCUT2D eigenvalue weighted by molar-refractivity contribution is 9.10. The molecule has 0 bridgehead atoms. The van der Waals surface area contributed by atoms with Gasteiger partial charge in [-0.2, -0.15) is 0 Å². The van der Waals surface area contributed by atoms with Crippen LogP contribution in [0.1, 0.15) is 53.1 Å². The third-order valence-corrected chi connectivity index (χ3v) is 3.93. The van der Waals surface area contributed by atoms with E-state index in [1.54, 1.807) is 0 Å². The largest absolute Gasteiger partial charge is 0.490 e. The summed E-state index contributed by atoms with van der Waals surface area (Å²) in [6.07, 6.45) is 0. The van der Waals surface area contributed by atoms with Crippen molar-refractivity contribution in [3.63, 3.8) is 0 Å². The molecule has 0 aromatic heterocycles. The molecule has 0 radical (unpaired) electrons. The highest BCUT2D eigenvalue weighted by atomic mass is 79.9. The van der Waals surface area contributed by atoms with Gasteiger partial charge in [0, 0.05) is 10.5 Å². The van der Waals surface area contributed by atoms with Crippen LogP contribution in [0, 0.1) is 5.41 Å². The van der Waals surface area contributed by atoms with Gasteiger partial charge in [0.25, 0.3) is 0 Å². The molecule has 0 aliphatic rings. The predicted molar refractivity (Wildman–Crippen MR) is 92.4 cm³/mol. The van der Waals surface area contributed by atoms with Gasteiger partial charge in [-0.15, -0.1) is 0 Å². The molecule has 0 spiro atoms. The van der Waals surface area contributed by atoms with E-state index in [1.807, 2.05) is 19.9 Å². The molecule has 0 fully saturated rings. The third-order valence-electron chi connectivity index (χ3n) is 3.25. The Labute approximate surface area is 137 Å². The fourth-order valence-electron chi connectivity index (χ4n) is 2.40. The molecule has 1 rings (SSSR count). The van der Waals surface area contributed by atoms with Gasteiger partial charge in [0.1, 0.15) is 0 Å². The molecule has 21 heavy (non-hydrogen) atoms. The summed E-state index contributed by atoms with van der Waals surface area (Å²) in [7, 11) is 0. The molecule has 0 saturated heterocycles. The summed E-state index contributed by atoms with van der Waals surface area (Å²) in [4.78, 5) is 0. The quantitative estimate of drug-likeness (QED) is 0.749. The van der Waals surface area contributed by atoms with Gasteiger partial charge in [0.2, 0.25) is 0 Å². The average Bonchev–Trinajstić information content (AvgIpc) is 2.39. The first-order valence-corrected chi connectivity index (χ1v) is 8.46. The molecule has 0 saturated carbocycles. The summed E-state index contributed by atoms with van der Waals surface area (Å²) < 4.78 is 12.5. The summed E-state index contributed by atoms with van der Waals surface area (Å²) in [5.41, 5.74) is 1.31. The average molecular weight is 358 g/mol. The highest BCUT2D eigenvalue weighted by Gasteiger charge is 2.28. The van der Waals surface area contributed by atoms with Crippen molar-refractivity contribution in [2.75, 3.05) is 19.8 Å². The Morgan fingerprint density at radius 2 is 1.57 bits per heavy atom. The van der Waals surface area contributed by atoms with Gasteiger partial charge in [0.05, 0.1) is 13.2 Å². The SMILES string of the molecule is CCNC(c1cc(OCC)c(OCC)cc1Br)C(C)(C)C. The Kier molecular flexibility index (Phi) is 7.01. The minimum absolute atomic E-state index is 0.106. The molecule has 1 aromatic carbocycles. The Morgan fingerprint density at radius 3 is 2.00 bits per heavy atom.